The van der Waals surface area contributed by atoms with Gasteiger partial charge in [0.05, 0.1) is 22.8 Å². The topological polar surface area (TPSA) is 92.3 Å². The predicted molar refractivity (Wildman–Crippen MR) is 116 cm³/mol. The van der Waals surface area contributed by atoms with E-state index in [1.807, 2.05) is 29.6 Å². The molecule has 7 nitrogen and oxygen atoms in total. The lowest BCUT2D eigenvalue weighted by molar-refractivity contribution is -0.119. The summed E-state index contributed by atoms with van der Waals surface area (Å²) < 4.78 is 27.1. The van der Waals surface area contributed by atoms with Gasteiger partial charge >= 0.3 is 0 Å². The summed E-state index contributed by atoms with van der Waals surface area (Å²) in [4.78, 5) is 21.3. The fourth-order valence-corrected chi connectivity index (χ4v) is 5.95. The third-order valence-electron chi connectivity index (χ3n) is 4.93. The maximum absolute atomic E-state index is 13.0. The number of anilines is 1. The first-order valence-electron chi connectivity index (χ1n) is 9.20. The van der Waals surface area contributed by atoms with Gasteiger partial charge in [-0.25, -0.2) is 13.4 Å². The molecule has 0 fully saturated rings. The molecule has 0 radical (unpaired) electrons. The van der Waals surface area contributed by atoms with Gasteiger partial charge in [-0.2, -0.15) is 0 Å². The number of aromatic nitrogens is 2. The van der Waals surface area contributed by atoms with Crippen LogP contribution in [0.1, 0.15) is 5.01 Å². The summed E-state index contributed by atoms with van der Waals surface area (Å²) in [6.45, 7) is -0.0433. The number of amides is 1. The highest BCUT2D eigenvalue weighted by Crippen LogP contribution is 2.41. The van der Waals surface area contributed by atoms with Crippen LogP contribution >= 0.6 is 11.3 Å². The molecule has 3 heterocycles. The lowest BCUT2D eigenvalue weighted by Crippen LogP contribution is -2.38. The summed E-state index contributed by atoms with van der Waals surface area (Å²) in [5.41, 5.74) is 2.30. The van der Waals surface area contributed by atoms with E-state index in [0.717, 1.165) is 21.7 Å². The molecule has 0 unspecified atom stereocenters. The van der Waals surface area contributed by atoms with E-state index >= 15 is 0 Å². The molecule has 0 saturated heterocycles. The smallest absolute Gasteiger partial charge is 0.265 e. The third kappa shape index (κ3) is 3.12. The highest BCUT2D eigenvalue weighted by atomic mass is 32.2. The molecule has 0 bridgehead atoms. The van der Waals surface area contributed by atoms with Crippen molar-refractivity contribution in [2.24, 2.45) is 0 Å². The monoisotopic (exact) mass is 436 g/mol. The molecule has 9 heteroatoms. The molecule has 2 aromatic heterocycles. The molecule has 30 heavy (non-hydrogen) atoms. The second-order valence-corrected chi connectivity index (χ2v) is 9.56. The average Bonchev–Trinajstić information content (AvgIpc) is 3.32. The summed E-state index contributed by atoms with van der Waals surface area (Å²) in [5.74, 6) is -0.385. The standard InChI is InChI=1S/C21H16N4O3S2/c26-19(23-11-20-24-16(13-29-20)14-7-9-22-10-8-14)12-25-17-5-1-3-15-4-2-6-18(21(15)17)30(25,27)28/h1-10,13H,11-12H2,(H,23,26). The molecule has 150 valence electrons. The first-order chi connectivity index (χ1) is 14.5. The maximum atomic E-state index is 13.0. The number of hydrogen-bond donors (Lipinski definition) is 1. The van der Waals surface area contributed by atoms with Crippen LogP contribution in [-0.4, -0.2) is 30.8 Å². The van der Waals surface area contributed by atoms with Gasteiger partial charge in [0.25, 0.3) is 10.0 Å². The minimum absolute atomic E-state index is 0.236. The third-order valence-corrected chi connectivity index (χ3v) is 7.58. The van der Waals surface area contributed by atoms with E-state index in [1.165, 1.54) is 15.6 Å². The molecule has 4 aromatic rings. The molecule has 1 amide bonds. The molecular weight excluding hydrogens is 420 g/mol. The lowest BCUT2D eigenvalue weighted by Gasteiger charge is -2.18. The summed E-state index contributed by atoms with van der Waals surface area (Å²) >= 11 is 1.44. The van der Waals surface area contributed by atoms with Crippen LogP contribution in [0.3, 0.4) is 0 Å². The maximum Gasteiger partial charge on any atom is 0.265 e. The Bertz CT molecular complexity index is 1360. The number of carbonyl (C=O) groups excluding carboxylic acids is 1. The zero-order valence-electron chi connectivity index (χ0n) is 15.6. The molecule has 0 aliphatic carbocycles. The number of benzene rings is 2. The average molecular weight is 437 g/mol. The molecule has 0 atom stereocenters. The molecule has 0 spiro atoms. The van der Waals surface area contributed by atoms with Crippen LogP contribution in [0.4, 0.5) is 5.69 Å². The van der Waals surface area contributed by atoms with Crippen LogP contribution in [0.25, 0.3) is 22.0 Å². The molecular formula is C21H16N4O3S2. The van der Waals surface area contributed by atoms with Gasteiger partial charge in [-0.15, -0.1) is 11.3 Å². The fourth-order valence-electron chi connectivity index (χ4n) is 3.54. The van der Waals surface area contributed by atoms with E-state index in [0.29, 0.717) is 11.1 Å². The molecule has 2 aromatic carbocycles. The fraction of sp³-hybridized carbons (Fsp3) is 0.0952. The lowest BCUT2D eigenvalue weighted by atomic mass is 10.1. The van der Waals surface area contributed by atoms with Crippen molar-refractivity contribution in [3.8, 4) is 11.3 Å². The van der Waals surface area contributed by atoms with E-state index in [-0.39, 0.29) is 23.9 Å². The number of rotatable bonds is 5. The van der Waals surface area contributed by atoms with Gasteiger partial charge in [0.15, 0.2) is 0 Å². The Kier molecular flexibility index (Phi) is 4.48. The zero-order chi connectivity index (χ0) is 20.7. The number of hydrogen-bond acceptors (Lipinski definition) is 6. The SMILES string of the molecule is O=C(CN1c2cccc3cccc(c23)S1(=O)=O)NCc1nc(-c2ccncc2)cs1. The highest BCUT2D eigenvalue weighted by molar-refractivity contribution is 7.93. The molecule has 1 N–H and O–H groups in total. The van der Waals surface area contributed by atoms with Crippen molar-refractivity contribution in [2.75, 3.05) is 10.8 Å². The second-order valence-electron chi connectivity index (χ2n) is 6.78. The van der Waals surface area contributed by atoms with Gasteiger partial charge in [0, 0.05) is 28.7 Å². The summed E-state index contributed by atoms with van der Waals surface area (Å²) in [6, 6.07) is 14.3. The van der Waals surface area contributed by atoms with Gasteiger partial charge < -0.3 is 5.32 Å². The van der Waals surface area contributed by atoms with Crippen molar-refractivity contribution >= 4 is 43.7 Å². The number of carbonyl (C=O) groups is 1. The van der Waals surface area contributed by atoms with Gasteiger partial charge in [-0.05, 0) is 29.7 Å². The summed E-state index contributed by atoms with van der Waals surface area (Å²) in [7, 11) is -3.75. The van der Waals surface area contributed by atoms with E-state index < -0.39 is 10.0 Å². The number of nitrogens with zero attached hydrogens (tertiary/aromatic N) is 3. The first-order valence-corrected chi connectivity index (χ1v) is 11.5. The van der Waals surface area contributed by atoms with E-state index in [9.17, 15) is 13.2 Å². The molecule has 1 aliphatic rings. The summed E-state index contributed by atoms with van der Waals surface area (Å²) in [6.07, 6.45) is 3.40. The van der Waals surface area contributed by atoms with E-state index in [1.54, 1.807) is 36.7 Å². The Morgan fingerprint density at radius 3 is 2.63 bits per heavy atom. The number of nitrogens with one attached hydrogen (secondary N) is 1. The van der Waals surface area contributed by atoms with Crippen molar-refractivity contribution in [3.63, 3.8) is 0 Å². The zero-order valence-corrected chi connectivity index (χ0v) is 17.3. The normalized spacial score (nSPS) is 14.2. The van der Waals surface area contributed by atoms with Crippen molar-refractivity contribution in [1.82, 2.24) is 15.3 Å². The number of sulfonamides is 1. The quantitative estimate of drug-likeness (QED) is 0.519. The van der Waals surface area contributed by atoms with Crippen molar-refractivity contribution in [2.45, 2.75) is 11.4 Å². The van der Waals surface area contributed by atoms with Crippen molar-refractivity contribution < 1.29 is 13.2 Å². The number of thiazole rings is 1. The Labute approximate surface area is 177 Å². The molecule has 0 saturated carbocycles. The van der Waals surface area contributed by atoms with Crippen LogP contribution in [0.5, 0.6) is 0 Å². The van der Waals surface area contributed by atoms with Crippen molar-refractivity contribution in [1.29, 1.82) is 0 Å². The predicted octanol–water partition coefficient (Wildman–Crippen LogP) is 3.18. The van der Waals surface area contributed by atoms with Gasteiger partial charge in [0.2, 0.25) is 5.91 Å². The van der Waals surface area contributed by atoms with Crippen LogP contribution in [0.15, 0.2) is 71.2 Å². The molecule has 5 rings (SSSR count). The van der Waals surface area contributed by atoms with Crippen LogP contribution < -0.4 is 9.62 Å². The van der Waals surface area contributed by atoms with E-state index in [4.69, 9.17) is 0 Å². The van der Waals surface area contributed by atoms with Gasteiger partial charge in [-0.1, -0.05) is 24.3 Å². The minimum Gasteiger partial charge on any atom is -0.348 e. The molecule has 1 aliphatic heterocycles. The Morgan fingerprint density at radius 1 is 1.07 bits per heavy atom. The van der Waals surface area contributed by atoms with Crippen molar-refractivity contribution in [3.05, 3.63) is 71.3 Å². The van der Waals surface area contributed by atoms with Crippen LogP contribution in [0, 0.1) is 0 Å². The Morgan fingerprint density at radius 2 is 1.83 bits per heavy atom. The second kappa shape index (κ2) is 7.19. The summed E-state index contributed by atoms with van der Waals surface area (Å²) in [5, 5.41) is 6.93. The van der Waals surface area contributed by atoms with E-state index in [2.05, 4.69) is 15.3 Å². The van der Waals surface area contributed by atoms with Gasteiger partial charge in [-0.3, -0.25) is 14.1 Å². The largest absolute Gasteiger partial charge is 0.348 e. The Hall–Kier alpha value is -3.30. The Balaban J connectivity index is 1.31. The number of pyridine rings is 1. The minimum atomic E-state index is -3.75. The van der Waals surface area contributed by atoms with Crippen LogP contribution in [0.2, 0.25) is 0 Å². The first kappa shape index (κ1) is 18.7. The van der Waals surface area contributed by atoms with Crippen LogP contribution in [-0.2, 0) is 21.4 Å². The van der Waals surface area contributed by atoms with Gasteiger partial charge in [0.1, 0.15) is 11.6 Å². The highest BCUT2D eigenvalue weighted by Gasteiger charge is 2.36.